The van der Waals surface area contributed by atoms with Gasteiger partial charge in [-0.3, -0.25) is 4.79 Å². The third-order valence-corrected chi connectivity index (χ3v) is 4.41. The molecule has 1 aliphatic heterocycles. The van der Waals surface area contributed by atoms with Gasteiger partial charge in [0.05, 0.1) is 0 Å². The average Bonchev–Trinajstić information content (AvgIpc) is 3.25. The van der Waals surface area contributed by atoms with Crippen molar-refractivity contribution in [3.8, 4) is 11.5 Å². The van der Waals surface area contributed by atoms with Gasteiger partial charge in [-0.25, -0.2) is 9.97 Å². The number of nitrogens with zero attached hydrogens (tertiary/aromatic N) is 2. The van der Waals surface area contributed by atoms with Crippen molar-refractivity contribution >= 4 is 17.4 Å². The first-order chi connectivity index (χ1) is 12.2. The minimum absolute atomic E-state index is 0.147. The van der Waals surface area contributed by atoms with Crippen molar-refractivity contribution in [2.75, 3.05) is 12.1 Å². The number of carbonyl (C=O) groups is 1. The summed E-state index contributed by atoms with van der Waals surface area (Å²) in [5.41, 5.74) is 1.19. The summed E-state index contributed by atoms with van der Waals surface area (Å²) in [5, 5.41) is 6.25. The molecule has 0 unspecified atom stereocenters. The van der Waals surface area contributed by atoms with Gasteiger partial charge in [-0.05, 0) is 31.9 Å². The number of benzene rings is 1. The summed E-state index contributed by atoms with van der Waals surface area (Å²) in [5.74, 6) is 2.38. The molecule has 7 heteroatoms. The fourth-order valence-corrected chi connectivity index (χ4v) is 3.20. The van der Waals surface area contributed by atoms with E-state index in [-0.39, 0.29) is 18.7 Å². The van der Waals surface area contributed by atoms with Crippen molar-refractivity contribution in [2.24, 2.45) is 0 Å². The minimum atomic E-state index is -0.147. The Labute approximate surface area is 145 Å². The number of anilines is 2. The number of hydrogen-bond donors (Lipinski definition) is 2. The lowest BCUT2D eigenvalue weighted by Crippen LogP contribution is -2.33. The number of ether oxygens (including phenoxy) is 2. The summed E-state index contributed by atoms with van der Waals surface area (Å²) in [7, 11) is 0. The Morgan fingerprint density at radius 1 is 1.12 bits per heavy atom. The Balaban J connectivity index is 1.51. The first-order valence-corrected chi connectivity index (χ1v) is 8.50. The fourth-order valence-electron chi connectivity index (χ4n) is 3.20. The van der Waals surface area contributed by atoms with Crippen LogP contribution in [-0.4, -0.2) is 28.7 Å². The molecule has 1 fully saturated rings. The zero-order valence-corrected chi connectivity index (χ0v) is 14.0. The van der Waals surface area contributed by atoms with Gasteiger partial charge in [0.2, 0.25) is 6.79 Å². The minimum Gasteiger partial charge on any atom is -0.454 e. The molecule has 2 aliphatic rings. The van der Waals surface area contributed by atoms with Crippen LogP contribution in [0.3, 0.4) is 0 Å². The van der Waals surface area contributed by atoms with Gasteiger partial charge in [-0.2, -0.15) is 0 Å². The molecule has 1 aromatic carbocycles. The molecule has 25 heavy (non-hydrogen) atoms. The van der Waals surface area contributed by atoms with E-state index >= 15 is 0 Å². The molecule has 2 aromatic rings. The second-order valence-electron chi connectivity index (χ2n) is 6.33. The van der Waals surface area contributed by atoms with Crippen molar-refractivity contribution in [1.29, 1.82) is 0 Å². The van der Waals surface area contributed by atoms with Crippen LogP contribution in [0.25, 0.3) is 0 Å². The topological polar surface area (TPSA) is 85.4 Å². The quantitative estimate of drug-likeness (QED) is 0.890. The zero-order valence-electron chi connectivity index (χ0n) is 14.0. The van der Waals surface area contributed by atoms with E-state index in [2.05, 4.69) is 20.6 Å². The Morgan fingerprint density at radius 3 is 2.76 bits per heavy atom. The number of hydrogen-bond acceptors (Lipinski definition) is 6. The molecule has 130 valence electrons. The maximum atomic E-state index is 12.4. The highest BCUT2D eigenvalue weighted by Crippen LogP contribution is 2.34. The summed E-state index contributed by atoms with van der Waals surface area (Å²) < 4.78 is 10.7. The number of amides is 1. The lowest BCUT2D eigenvalue weighted by atomic mass is 10.2. The largest absolute Gasteiger partial charge is 0.454 e. The Hall–Kier alpha value is -2.83. The summed E-state index contributed by atoms with van der Waals surface area (Å²) in [6.45, 7) is 2.01. The maximum absolute atomic E-state index is 12.4. The van der Waals surface area contributed by atoms with Crippen molar-refractivity contribution in [2.45, 2.75) is 38.6 Å². The van der Waals surface area contributed by atoms with Crippen molar-refractivity contribution in [3.63, 3.8) is 0 Å². The van der Waals surface area contributed by atoms with E-state index in [0.717, 1.165) is 24.3 Å². The summed E-state index contributed by atoms with van der Waals surface area (Å²) in [6.07, 6.45) is 4.42. The van der Waals surface area contributed by atoms with Crippen molar-refractivity contribution < 1.29 is 14.3 Å². The van der Waals surface area contributed by atoms with Crippen LogP contribution in [-0.2, 0) is 0 Å². The molecule has 0 radical (unpaired) electrons. The van der Waals surface area contributed by atoms with Gasteiger partial charge >= 0.3 is 0 Å². The fraction of sp³-hybridized carbons (Fsp3) is 0.389. The molecule has 1 aromatic heterocycles. The van der Waals surface area contributed by atoms with Crippen LogP contribution in [0.15, 0.2) is 24.3 Å². The third kappa shape index (κ3) is 3.50. The highest BCUT2D eigenvalue weighted by molar-refractivity contribution is 5.93. The van der Waals surface area contributed by atoms with Crippen LogP contribution in [0.2, 0.25) is 0 Å². The van der Waals surface area contributed by atoms with Crippen LogP contribution in [0.4, 0.5) is 11.5 Å². The van der Waals surface area contributed by atoms with Crippen LogP contribution < -0.4 is 20.1 Å². The molecule has 4 rings (SSSR count). The molecule has 2 heterocycles. The monoisotopic (exact) mass is 340 g/mol. The number of aryl methyl sites for hydroxylation is 1. The summed E-state index contributed by atoms with van der Waals surface area (Å²) >= 11 is 0. The molecule has 2 N–H and O–H groups in total. The highest BCUT2D eigenvalue weighted by atomic mass is 16.7. The van der Waals surface area contributed by atoms with Gasteiger partial charge < -0.3 is 20.1 Å². The third-order valence-electron chi connectivity index (χ3n) is 4.41. The molecule has 0 atom stereocenters. The predicted molar refractivity (Wildman–Crippen MR) is 92.3 cm³/mol. The number of fused-ring (bicyclic) bond motifs is 1. The number of nitrogens with one attached hydrogen (secondary N) is 2. The first kappa shape index (κ1) is 15.7. The van der Waals surface area contributed by atoms with E-state index in [1.54, 1.807) is 13.0 Å². The van der Waals surface area contributed by atoms with E-state index in [4.69, 9.17) is 9.47 Å². The smallest absolute Gasteiger partial charge is 0.270 e. The maximum Gasteiger partial charge on any atom is 0.270 e. The Bertz CT molecular complexity index is 803. The molecule has 1 aliphatic carbocycles. The second kappa shape index (κ2) is 6.58. The van der Waals surface area contributed by atoms with Crippen LogP contribution in [0, 0.1) is 6.92 Å². The molecular formula is C18H20N4O3. The van der Waals surface area contributed by atoms with Gasteiger partial charge in [0.15, 0.2) is 11.5 Å². The van der Waals surface area contributed by atoms with Crippen molar-refractivity contribution in [3.05, 3.63) is 35.8 Å². The predicted octanol–water partition coefficient (Wildman–Crippen LogP) is 2.93. The van der Waals surface area contributed by atoms with Gasteiger partial charge in [0.25, 0.3) is 5.91 Å². The molecule has 1 amide bonds. The van der Waals surface area contributed by atoms with E-state index < -0.39 is 0 Å². The molecule has 0 saturated heterocycles. The van der Waals surface area contributed by atoms with E-state index in [1.165, 1.54) is 12.8 Å². The van der Waals surface area contributed by atoms with E-state index in [0.29, 0.717) is 23.1 Å². The van der Waals surface area contributed by atoms with E-state index in [9.17, 15) is 4.79 Å². The molecule has 0 bridgehead atoms. The Kier molecular flexibility index (Phi) is 4.13. The molecule has 1 saturated carbocycles. The Morgan fingerprint density at radius 2 is 1.92 bits per heavy atom. The van der Waals surface area contributed by atoms with Gasteiger partial charge in [0, 0.05) is 23.9 Å². The lowest BCUT2D eigenvalue weighted by Gasteiger charge is -2.13. The van der Waals surface area contributed by atoms with Crippen molar-refractivity contribution in [1.82, 2.24) is 15.3 Å². The number of aromatic nitrogens is 2. The first-order valence-electron chi connectivity index (χ1n) is 8.50. The van der Waals surface area contributed by atoms with Gasteiger partial charge in [-0.1, -0.05) is 12.8 Å². The summed E-state index contributed by atoms with van der Waals surface area (Å²) in [4.78, 5) is 21.1. The van der Waals surface area contributed by atoms with Gasteiger partial charge in [-0.15, -0.1) is 0 Å². The molecule has 7 nitrogen and oxygen atoms in total. The summed E-state index contributed by atoms with van der Waals surface area (Å²) in [6, 6.07) is 7.49. The number of carbonyl (C=O) groups excluding carboxylic acids is 1. The standard InChI is InChI=1S/C18H20N4O3/c1-11-19-14(18(23)22-12-4-2-3-5-12)9-17(20-11)21-13-6-7-15-16(8-13)25-10-24-15/h6-9,12H,2-5,10H2,1H3,(H,22,23)(H,19,20,21). The zero-order chi connectivity index (χ0) is 17.2. The normalized spacial score (nSPS) is 16.0. The molecular weight excluding hydrogens is 320 g/mol. The van der Waals surface area contributed by atoms with Crippen LogP contribution >= 0.6 is 0 Å². The van der Waals surface area contributed by atoms with E-state index in [1.807, 2.05) is 18.2 Å². The SMILES string of the molecule is Cc1nc(Nc2ccc3c(c2)OCO3)cc(C(=O)NC2CCCC2)n1. The average molecular weight is 340 g/mol. The van der Waals surface area contributed by atoms with Crippen LogP contribution in [0.1, 0.15) is 42.0 Å². The molecule has 0 spiro atoms. The van der Waals surface area contributed by atoms with Gasteiger partial charge in [0.1, 0.15) is 17.3 Å². The van der Waals surface area contributed by atoms with Crippen LogP contribution in [0.5, 0.6) is 11.5 Å². The highest BCUT2D eigenvalue weighted by Gasteiger charge is 2.19. The lowest BCUT2D eigenvalue weighted by molar-refractivity contribution is 0.0932. The number of rotatable bonds is 4. The second-order valence-corrected chi connectivity index (χ2v) is 6.33.